The van der Waals surface area contributed by atoms with Gasteiger partial charge < -0.3 is 10.1 Å². The SMILES string of the molecule is CC[C@@H]1[C@@H](NC(=O)c2ccccc2N2CCC(=O)NC2=O)[C@@H]2CCO[C@H]12. The number of benzene rings is 1. The van der Waals surface area contributed by atoms with Crippen LogP contribution in [0.15, 0.2) is 24.3 Å². The van der Waals surface area contributed by atoms with E-state index in [1.54, 1.807) is 24.3 Å². The van der Waals surface area contributed by atoms with Gasteiger partial charge in [0.1, 0.15) is 0 Å². The van der Waals surface area contributed by atoms with Crippen LogP contribution in [0, 0.1) is 11.8 Å². The van der Waals surface area contributed by atoms with Crippen molar-refractivity contribution >= 4 is 23.5 Å². The summed E-state index contributed by atoms with van der Waals surface area (Å²) in [5.74, 6) is 0.251. The molecule has 2 saturated heterocycles. The Bertz CT molecular complexity index is 750. The third-order valence-electron chi connectivity index (χ3n) is 5.79. The van der Waals surface area contributed by atoms with Crippen LogP contribution in [0.1, 0.15) is 36.5 Å². The predicted octanol–water partition coefficient (Wildman–Crippen LogP) is 1.68. The topological polar surface area (TPSA) is 87.7 Å². The number of carbonyl (C=O) groups is 3. The summed E-state index contributed by atoms with van der Waals surface area (Å²) in [6.45, 7) is 3.15. The summed E-state index contributed by atoms with van der Waals surface area (Å²) >= 11 is 0. The van der Waals surface area contributed by atoms with Crippen LogP contribution in [-0.2, 0) is 9.53 Å². The third kappa shape index (κ3) is 2.76. The maximum absolute atomic E-state index is 13.0. The Morgan fingerprint density at radius 1 is 1.35 bits per heavy atom. The number of rotatable bonds is 4. The summed E-state index contributed by atoms with van der Waals surface area (Å²) in [6.07, 6.45) is 2.43. The van der Waals surface area contributed by atoms with Crippen LogP contribution in [0.2, 0.25) is 0 Å². The van der Waals surface area contributed by atoms with Gasteiger partial charge in [0.25, 0.3) is 5.91 Å². The van der Waals surface area contributed by atoms with E-state index < -0.39 is 6.03 Å². The first-order valence-corrected chi connectivity index (χ1v) is 9.23. The standard InChI is InChI=1S/C19H23N3O4/c1-2-11-16(13-8-10-26-17(11)13)21-18(24)12-5-3-4-6-14(12)22-9-7-15(23)20-19(22)25/h3-6,11,13,16-17H,2,7-10H2,1H3,(H,21,24)(H,20,23,25)/t11-,13+,16-,17-/m1/s1. The highest BCUT2D eigenvalue weighted by atomic mass is 16.5. The molecule has 0 aromatic heterocycles. The fraction of sp³-hybridized carbons (Fsp3) is 0.526. The monoisotopic (exact) mass is 357 g/mol. The minimum absolute atomic E-state index is 0.116. The molecule has 7 heteroatoms. The molecule has 3 fully saturated rings. The number of imide groups is 1. The molecule has 4 rings (SSSR count). The Morgan fingerprint density at radius 2 is 2.15 bits per heavy atom. The molecule has 1 aromatic carbocycles. The summed E-state index contributed by atoms with van der Waals surface area (Å²) in [5.41, 5.74) is 0.982. The molecule has 0 bridgehead atoms. The molecular formula is C19H23N3O4. The van der Waals surface area contributed by atoms with Crippen molar-refractivity contribution in [2.45, 2.75) is 38.3 Å². The van der Waals surface area contributed by atoms with Crippen molar-refractivity contribution in [3.8, 4) is 0 Å². The minimum Gasteiger partial charge on any atom is -0.377 e. The van der Waals surface area contributed by atoms with Gasteiger partial charge in [-0.05, 0) is 25.0 Å². The molecular weight excluding hydrogens is 334 g/mol. The largest absolute Gasteiger partial charge is 0.377 e. The van der Waals surface area contributed by atoms with E-state index >= 15 is 0 Å². The molecule has 0 radical (unpaired) electrons. The van der Waals surface area contributed by atoms with Crippen LogP contribution in [-0.4, -0.2) is 43.1 Å². The van der Waals surface area contributed by atoms with Crippen molar-refractivity contribution < 1.29 is 19.1 Å². The van der Waals surface area contributed by atoms with Crippen molar-refractivity contribution in [3.63, 3.8) is 0 Å². The number of amides is 4. The van der Waals surface area contributed by atoms with E-state index in [-0.39, 0.29) is 36.9 Å². The van der Waals surface area contributed by atoms with Crippen molar-refractivity contribution in [1.29, 1.82) is 0 Å². The number of ether oxygens (including phenoxy) is 1. The molecule has 1 aliphatic carbocycles. The van der Waals surface area contributed by atoms with E-state index in [0.29, 0.717) is 23.1 Å². The van der Waals surface area contributed by atoms with Gasteiger partial charge in [0.2, 0.25) is 5.91 Å². The van der Waals surface area contributed by atoms with Gasteiger partial charge in [-0.2, -0.15) is 0 Å². The smallest absolute Gasteiger partial charge is 0.328 e. The Hall–Kier alpha value is -2.41. The van der Waals surface area contributed by atoms with Gasteiger partial charge in [0, 0.05) is 37.5 Å². The molecule has 7 nitrogen and oxygen atoms in total. The van der Waals surface area contributed by atoms with E-state index in [1.165, 1.54) is 4.90 Å². The van der Waals surface area contributed by atoms with Crippen molar-refractivity contribution in [2.24, 2.45) is 11.8 Å². The van der Waals surface area contributed by atoms with Crippen LogP contribution in [0.5, 0.6) is 0 Å². The summed E-state index contributed by atoms with van der Waals surface area (Å²) in [7, 11) is 0. The lowest BCUT2D eigenvalue weighted by Gasteiger charge is -2.47. The molecule has 4 atom stereocenters. The molecule has 0 spiro atoms. The molecule has 26 heavy (non-hydrogen) atoms. The van der Waals surface area contributed by atoms with Crippen LogP contribution >= 0.6 is 0 Å². The lowest BCUT2D eigenvalue weighted by Crippen LogP contribution is -2.61. The quantitative estimate of drug-likeness (QED) is 0.858. The number of nitrogens with one attached hydrogen (secondary N) is 2. The zero-order chi connectivity index (χ0) is 18.3. The fourth-order valence-electron chi connectivity index (χ4n) is 4.45. The van der Waals surface area contributed by atoms with Gasteiger partial charge >= 0.3 is 6.03 Å². The van der Waals surface area contributed by atoms with E-state index in [0.717, 1.165) is 19.4 Å². The van der Waals surface area contributed by atoms with E-state index in [2.05, 4.69) is 17.6 Å². The Balaban J connectivity index is 1.53. The molecule has 1 aromatic rings. The lowest BCUT2D eigenvalue weighted by molar-refractivity contribution is -0.120. The summed E-state index contributed by atoms with van der Waals surface area (Å²) < 4.78 is 5.77. The van der Waals surface area contributed by atoms with Gasteiger partial charge in [-0.1, -0.05) is 19.1 Å². The highest BCUT2D eigenvalue weighted by Gasteiger charge is 2.53. The zero-order valence-electron chi connectivity index (χ0n) is 14.7. The van der Waals surface area contributed by atoms with Gasteiger partial charge in [-0.3, -0.25) is 19.8 Å². The second kappa shape index (κ2) is 6.72. The number of urea groups is 1. The van der Waals surface area contributed by atoms with Gasteiger partial charge in [0.15, 0.2) is 0 Å². The second-order valence-corrected chi connectivity index (χ2v) is 7.13. The van der Waals surface area contributed by atoms with Crippen LogP contribution in [0.4, 0.5) is 10.5 Å². The number of para-hydroxylation sites is 1. The normalized spacial score (nSPS) is 30.4. The van der Waals surface area contributed by atoms with E-state index in [1.807, 2.05) is 0 Å². The second-order valence-electron chi connectivity index (χ2n) is 7.13. The first kappa shape index (κ1) is 17.0. The number of fused-ring (bicyclic) bond motifs is 1. The van der Waals surface area contributed by atoms with Crippen LogP contribution < -0.4 is 15.5 Å². The Morgan fingerprint density at radius 3 is 2.92 bits per heavy atom. The maximum atomic E-state index is 13.0. The Labute approximate surface area is 152 Å². The van der Waals surface area contributed by atoms with E-state index in [4.69, 9.17) is 4.74 Å². The summed E-state index contributed by atoms with van der Waals surface area (Å²) in [6, 6.07) is 6.66. The molecule has 138 valence electrons. The molecule has 2 heterocycles. The summed E-state index contributed by atoms with van der Waals surface area (Å²) in [5, 5.41) is 5.47. The van der Waals surface area contributed by atoms with Crippen molar-refractivity contribution in [1.82, 2.24) is 10.6 Å². The Kier molecular flexibility index (Phi) is 4.40. The highest BCUT2D eigenvalue weighted by Crippen LogP contribution is 2.45. The average Bonchev–Trinajstić information content (AvgIpc) is 3.04. The number of carbonyl (C=O) groups excluding carboxylic acids is 3. The minimum atomic E-state index is -0.485. The lowest BCUT2D eigenvalue weighted by atomic mass is 9.65. The van der Waals surface area contributed by atoms with Crippen molar-refractivity contribution in [2.75, 3.05) is 18.1 Å². The highest BCUT2D eigenvalue weighted by molar-refractivity contribution is 6.09. The van der Waals surface area contributed by atoms with Crippen molar-refractivity contribution in [3.05, 3.63) is 29.8 Å². The number of hydrogen-bond donors (Lipinski definition) is 2. The first-order valence-electron chi connectivity index (χ1n) is 9.23. The summed E-state index contributed by atoms with van der Waals surface area (Å²) in [4.78, 5) is 38.0. The van der Waals surface area contributed by atoms with Gasteiger partial charge in [-0.15, -0.1) is 0 Å². The van der Waals surface area contributed by atoms with Crippen LogP contribution in [0.25, 0.3) is 0 Å². The third-order valence-corrected chi connectivity index (χ3v) is 5.79. The molecule has 1 saturated carbocycles. The molecule has 4 amide bonds. The van der Waals surface area contributed by atoms with Gasteiger partial charge in [0.05, 0.1) is 17.4 Å². The first-order chi connectivity index (χ1) is 12.6. The number of hydrogen-bond acceptors (Lipinski definition) is 4. The number of anilines is 1. The average molecular weight is 357 g/mol. The maximum Gasteiger partial charge on any atom is 0.328 e. The zero-order valence-corrected chi connectivity index (χ0v) is 14.7. The molecule has 3 aliphatic rings. The molecule has 0 unspecified atom stereocenters. The molecule has 2 aliphatic heterocycles. The molecule has 2 N–H and O–H groups in total. The number of nitrogens with zero attached hydrogens (tertiary/aromatic N) is 1. The van der Waals surface area contributed by atoms with Crippen LogP contribution in [0.3, 0.4) is 0 Å². The predicted molar refractivity (Wildman–Crippen MR) is 94.8 cm³/mol. The van der Waals surface area contributed by atoms with Gasteiger partial charge in [-0.25, -0.2) is 4.79 Å². The fourth-order valence-corrected chi connectivity index (χ4v) is 4.45. The van der Waals surface area contributed by atoms with E-state index in [9.17, 15) is 14.4 Å².